The minimum atomic E-state index is -0.627. The zero-order valence-electron chi connectivity index (χ0n) is 11.2. The molecule has 3 nitrogen and oxygen atoms in total. The van der Waals surface area contributed by atoms with Gasteiger partial charge in [-0.1, -0.05) is 0 Å². The number of piperidine rings is 1. The standard InChI is InChI=1S/C14H16ClF2N3/c1-19-4-2-10(3-5-19)20-12-7-9(16)6-11(17)14(12)18-13(20)8-15/h6-7,10H,2-5,8H2,1H3. The molecule has 0 bridgehead atoms. The van der Waals surface area contributed by atoms with E-state index in [4.69, 9.17) is 11.6 Å². The first-order chi connectivity index (χ1) is 9.60. The van der Waals surface area contributed by atoms with E-state index in [0.29, 0.717) is 11.3 Å². The van der Waals surface area contributed by atoms with Gasteiger partial charge in [-0.05, 0) is 39.0 Å². The van der Waals surface area contributed by atoms with Crippen molar-refractivity contribution in [1.29, 1.82) is 0 Å². The second-order valence-electron chi connectivity index (χ2n) is 5.32. The van der Waals surface area contributed by atoms with Gasteiger partial charge in [0.15, 0.2) is 5.82 Å². The fourth-order valence-electron chi connectivity index (χ4n) is 2.92. The van der Waals surface area contributed by atoms with Crippen molar-refractivity contribution < 1.29 is 8.78 Å². The Hall–Kier alpha value is -1.20. The minimum absolute atomic E-state index is 0.197. The van der Waals surface area contributed by atoms with E-state index in [1.165, 1.54) is 6.07 Å². The second kappa shape index (κ2) is 5.30. The van der Waals surface area contributed by atoms with Crippen LogP contribution in [-0.2, 0) is 5.88 Å². The van der Waals surface area contributed by atoms with Gasteiger partial charge in [0.2, 0.25) is 0 Å². The van der Waals surface area contributed by atoms with Crippen LogP contribution in [0.25, 0.3) is 11.0 Å². The molecule has 1 fully saturated rings. The van der Waals surface area contributed by atoms with E-state index >= 15 is 0 Å². The van der Waals surface area contributed by atoms with Crippen molar-refractivity contribution in [3.63, 3.8) is 0 Å². The van der Waals surface area contributed by atoms with E-state index in [9.17, 15) is 8.78 Å². The summed E-state index contributed by atoms with van der Waals surface area (Å²) in [5.41, 5.74) is 0.716. The average Bonchev–Trinajstić information content (AvgIpc) is 2.78. The molecule has 0 aliphatic carbocycles. The van der Waals surface area contributed by atoms with Crippen molar-refractivity contribution in [2.75, 3.05) is 20.1 Å². The van der Waals surface area contributed by atoms with E-state index in [1.807, 2.05) is 4.57 Å². The number of nitrogens with zero attached hydrogens (tertiary/aromatic N) is 3. The molecule has 0 amide bonds. The molecule has 0 unspecified atom stereocenters. The van der Waals surface area contributed by atoms with Crippen LogP contribution in [0, 0.1) is 11.6 Å². The number of fused-ring (bicyclic) bond motifs is 1. The van der Waals surface area contributed by atoms with Crippen LogP contribution in [0.15, 0.2) is 12.1 Å². The molecule has 108 valence electrons. The first-order valence-corrected chi connectivity index (χ1v) is 7.24. The normalized spacial score (nSPS) is 18.0. The van der Waals surface area contributed by atoms with Crippen LogP contribution in [0.4, 0.5) is 8.78 Å². The number of hydrogen-bond donors (Lipinski definition) is 0. The highest BCUT2D eigenvalue weighted by Crippen LogP contribution is 2.30. The van der Waals surface area contributed by atoms with Gasteiger partial charge in [-0.3, -0.25) is 0 Å². The van der Waals surface area contributed by atoms with Crippen molar-refractivity contribution >= 4 is 22.6 Å². The van der Waals surface area contributed by atoms with E-state index in [-0.39, 0.29) is 17.4 Å². The lowest BCUT2D eigenvalue weighted by molar-refractivity contribution is 0.222. The van der Waals surface area contributed by atoms with E-state index < -0.39 is 11.6 Å². The van der Waals surface area contributed by atoms with Gasteiger partial charge in [-0.15, -0.1) is 11.6 Å². The second-order valence-corrected chi connectivity index (χ2v) is 5.59. The predicted octanol–water partition coefficient (Wildman–Crippen LogP) is 3.32. The third kappa shape index (κ3) is 2.29. The smallest absolute Gasteiger partial charge is 0.153 e. The Morgan fingerprint density at radius 2 is 2.00 bits per heavy atom. The maximum Gasteiger partial charge on any atom is 0.153 e. The Balaban J connectivity index is 2.12. The quantitative estimate of drug-likeness (QED) is 0.793. The lowest BCUT2D eigenvalue weighted by Crippen LogP contribution is -2.32. The number of hydrogen-bond acceptors (Lipinski definition) is 2. The molecule has 6 heteroatoms. The van der Waals surface area contributed by atoms with Gasteiger partial charge in [0, 0.05) is 12.1 Å². The molecule has 1 aliphatic rings. The molecule has 2 heterocycles. The third-order valence-electron chi connectivity index (χ3n) is 3.96. The molecule has 0 atom stereocenters. The van der Waals surface area contributed by atoms with Crippen LogP contribution >= 0.6 is 11.6 Å². The summed E-state index contributed by atoms with van der Waals surface area (Å²) >= 11 is 5.93. The van der Waals surface area contributed by atoms with Gasteiger partial charge in [-0.2, -0.15) is 0 Å². The highest BCUT2D eigenvalue weighted by molar-refractivity contribution is 6.16. The van der Waals surface area contributed by atoms with E-state index in [2.05, 4.69) is 16.9 Å². The largest absolute Gasteiger partial charge is 0.324 e. The van der Waals surface area contributed by atoms with Crippen LogP contribution in [0.2, 0.25) is 0 Å². The van der Waals surface area contributed by atoms with Gasteiger partial charge in [0.1, 0.15) is 17.2 Å². The summed E-state index contributed by atoms with van der Waals surface area (Å²) in [7, 11) is 2.07. The summed E-state index contributed by atoms with van der Waals surface area (Å²) in [5.74, 6) is -0.397. The van der Waals surface area contributed by atoms with Crippen molar-refractivity contribution in [2.24, 2.45) is 0 Å². The summed E-state index contributed by atoms with van der Waals surface area (Å²) in [6.07, 6.45) is 1.87. The molecule has 0 spiro atoms. The number of likely N-dealkylation sites (tertiary alicyclic amines) is 1. The topological polar surface area (TPSA) is 21.1 Å². The summed E-state index contributed by atoms with van der Waals surface area (Å²) < 4.78 is 29.3. The van der Waals surface area contributed by atoms with Crippen LogP contribution < -0.4 is 0 Å². The molecule has 0 radical (unpaired) electrons. The zero-order chi connectivity index (χ0) is 14.3. The van der Waals surface area contributed by atoms with Crippen LogP contribution in [0.5, 0.6) is 0 Å². The van der Waals surface area contributed by atoms with Gasteiger partial charge >= 0.3 is 0 Å². The molecule has 0 N–H and O–H groups in total. The minimum Gasteiger partial charge on any atom is -0.324 e. The number of halogens is 3. The molecule has 1 aromatic heterocycles. The number of benzene rings is 1. The van der Waals surface area contributed by atoms with Crippen LogP contribution in [0.1, 0.15) is 24.7 Å². The Morgan fingerprint density at radius 3 is 2.65 bits per heavy atom. The van der Waals surface area contributed by atoms with Crippen molar-refractivity contribution in [3.8, 4) is 0 Å². The van der Waals surface area contributed by atoms with Crippen molar-refractivity contribution in [2.45, 2.75) is 24.8 Å². The van der Waals surface area contributed by atoms with Gasteiger partial charge in [-0.25, -0.2) is 13.8 Å². The maximum atomic E-state index is 13.8. The molecule has 20 heavy (non-hydrogen) atoms. The molecule has 1 aliphatic heterocycles. The fraction of sp³-hybridized carbons (Fsp3) is 0.500. The lowest BCUT2D eigenvalue weighted by atomic mass is 10.0. The lowest BCUT2D eigenvalue weighted by Gasteiger charge is -2.31. The molecule has 1 saturated heterocycles. The molecular formula is C14H16ClF2N3. The van der Waals surface area contributed by atoms with Crippen molar-refractivity contribution in [1.82, 2.24) is 14.5 Å². The predicted molar refractivity (Wildman–Crippen MR) is 75.0 cm³/mol. The summed E-state index contributed by atoms with van der Waals surface area (Å²) in [4.78, 5) is 6.49. The molecule has 0 saturated carbocycles. The van der Waals surface area contributed by atoms with Crippen molar-refractivity contribution in [3.05, 3.63) is 29.6 Å². The van der Waals surface area contributed by atoms with Crippen LogP contribution in [-0.4, -0.2) is 34.6 Å². The zero-order valence-corrected chi connectivity index (χ0v) is 12.0. The Kier molecular flexibility index (Phi) is 3.65. The number of aromatic nitrogens is 2. The van der Waals surface area contributed by atoms with E-state index in [0.717, 1.165) is 32.0 Å². The van der Waals surface area contributed by atoms with Crippen LogP contribution in [0.3, 0.4) is 0 Å². The fourth-order valence-corrected chi connectivity index (χ4v) is 3.11. The van der Waals surface area contributed by atoms with Gasteiger partial charge in [0.25, 0.3) is 0 Å². The summed E-state index contributed by atoms with van der Waals surface area (Å²) in [5, 5.41) is 0. The Bertz CT molecular complexity index is 633. The average molecular weight is 300 g/mol. The molecule has 1 aromatic carbocycles. The molecule has 3 rings (SSSR count). The Labute approximate surface area is 121 Å². The first kappa shape index (κ1) is 13.8. The SMILES string of the molecule is CN1CCC(n2c(CCl)nc3c(F)cc(F)cc32)CC1. The molecule has 2 aromatic rings. The highest BCUT2D eigenvalue weighted by Gasteiger charge is 2.24. The Morgan fingerprint density at radius 1 is 1.30 bits per heavy atom. The first-order valence-electron chi connectivity index (χ1n) is 6.70. The van der Waals surface area contributed by atoms with E-state index in [1.54, 1.807) is 0 Å². The van der Waals surface area contributed by atoms with Gasteiger partial charge in [0.05, 0.1) is 11.4 Å². The monoisotopic (exact) mass is 299 g/mol. The number of alkyl halides is 1. The third-order valence-corrected chi connectivity index (χ3v) is 4.20. The summed E-state index contributed by atoms with van der Waals surface area (Å²) in [6, 6.07) is 2.41. The number of rotatable bonds is 2. The summed E-state index contributed by atoms with van der Waals surface area (Å²) in [6.45, 7) is 1.92. The maximum absolute atomic E-state index is 13.8. The van der Waals surface area contributed by atoms with Gasteiger partial charge < -0.3 is 9.47 Å². The molecular weight excluding hydrogens is 284 g/mol. The highest BCUT2D eigenvalue weighted by atomic mass is 35.5. The number of imidazole rings is 1.